The van der Waals surface area contributed by atoms with Gasteiger partial charge in [-0.1, -0.05) is 44.2 Å². The number of benzene rings is 2. The van der Waals surface area contributed by atoms with Gasteiger partial charge in [-0.3, -0.25) is 0 Å². The molecule has 0 aliphatic carbocycles. The van der Waals surface area contributed by atoms with E-state index in [1.54, 1.807) is 0 Å². The van der Waals surface area contributed by atoms with Gasteiger partial charge in [-0.05, 0) is 67.0 Å². The topological polar surface area (TPSA) is 3.24 Å². The summed E-state index contributed by atoms with van der Waals surface area (Å²) in [6.07, 6.45) is 1.16. The van der Waals surface area contributed by atoms with Gasteiger partial charge in [0, 0.05) is 18.3 Å². The Morgan fingerprint density at radius 2 is 1.59 bits per heavy atom. The fourth-order valence-corrected chi connectivity index (χ4v) is 3.82. The van der Waals surface area contributed by atoms with E-state index < -0.39 is 0 Å². The number of hydrogen-bond acceptors (Lipinski definition) is 1. The van der Waals surface area contributed by atoms with Gasteiger partial charge in [0.15, 0.2) is 0 Å². The lowest BCUT2D eigenvalue weighted by Crippen LogP contribution is -2.28. The summed E-state index contributed by atoms with van der Waals surface area (Å²) in [5.41, 5.74) is 8.71. The molecule has 3 rings (SSSR count). The van der Waals surface area contributed by atoms with Crippen LogP contribution in [-0.2, 0) is 6.42 Å². The molecule has 1 nitrogen and oxygen atoms in total. The number of nitrogens with zero attached hydrogens (tertiary/aromatic N) is 1. The highest BCUT2D eigenvalue weighted by molar-refractivity contribution is 5.79. The second-order valence-electron chi connectivity index (χ2n) is 7.01. The molecule has 1 aliphatic rings. The Hall–Kier alpha value is -1.76. The molecule has 0 bridgehead atoms. The van der Waals surface area contributed by atoms with E-state index in [1.807, 2.05) is 0 Å². The third-order valence-electron chi connectivity index (χ3n) is 4.97. The van der Waals surface area contributed by atoms with Gasteiger partial charge in [-0.2, -0.15) is 0 Å². The number of hydrogen-bond donors (Lipinski definition) is 0. The van der Waals surface area contributed by atoms with Gasteiger partial charge in [0.05, 0.1) is 0 Å². The predicted octanol–water partition coefficient (Wildman–Crippen LogP) is 5.56. The summed E-state index contributed by atoms with van der Waals surface area (Å²) in [5, 5.41) is 0. The van der Waals surface area contributed by atoms with Crippen LogP contribution in [0.5, 0.6) is 0 Å². The zero-order valence-electron chi connectivity index (χ0n) is 14.5. The maximum absolute atomic E-state index is 2.53. The molecular weight excluding hydrogens is 266 g/mol. The smallest absolute Gasteiger partial charge is 0.0408 e. The van der Waals surface area contributed by atoms with Crippen LogP contribution >= 0.6 is 0 Å². The molecule has 1 heterocycles. The van der Waals surface area contributed by atoms with Crippen LogP contribution < -0.4 is 4.90 Å². The molecule has 0 atom stereocenters. The van der Waals surface area contributed by atoms with Crippen LogP contribution in [0.3, 0.4) is 0 Å². The standard InChI is InChI=1S/C21H27N/c1-14(2)17-8-6-9-18(16(17)5)19-10-7-11-21-20(19)12-13-22(21)15(3)4/h6-11,14-15H,12-13H2,1-5H3. The normalized spacial score (nSPS) is 14.0. The highest BCUT2D eigenvalue weighted by Gasteiger charge is 2.24. The quantitative estimate of drug-likeness (QED) is 0.716. The summed E-state index contributed by atoms with van der Waals surface area (Å²) in [6.45, 7) is 12.6. The lowest BCUT2D eigenvalue weighted by atomic mass is 9.89. The molecule has 0 saturated carbocycles. The molecule has 0 N–H and O–H groups in total. The molecule has 1 aliphatic heterocycles. The number of anilines is 1. The van der Waals surface area contributed by atoms with Crippen LogP contribution in [0.2, 0.25) is 0 Å². The molecule has 0 spiro atoms. The summed E-state index contributed by atoms with van der Waals surface area (Å²) in [6, 6.07) is 14.1. The van der Waals surface area contributed by atoms with E-state index in [4.69, 9.17) is 0 Å². The molecular formula is C21H27N. The minimum Gasteiger partial charge on any atom is -0.369 e. The summed E-state index contributed by atoms with van der Waals surface area (Å²) in [7, 11) is 0. The minimum absolute atomic E-state index is 0.569. The maximum atomic E-state index is 2.53. The van der Waals surface area contributed by atoms with Crippen molar-refractivity contribution < 1.29 is 0 Å². The molecule has 0 aromatic heterocycles. The van der Waals surface area contributed by atoms with Crippen molar-refractivity contribution in [2.24, 2.45) is 0 Å². The van der Waals surface area contributed by atoms with E-state index in [2.05, 4.69) is 75.9 Å². The molecule has 2 aromatic rings. The monoisotopic (exact) mass is 293 g/mol. The number of fused-ring (bicyclic) bond motifs is 1. The van der Waals surface area contributed by atoms with Gasteiger partial charge in [0.1, 0.15) is 0 Å². The van der Waals surface area contributed by atoms with E-state index in [-0.39, 0.29) is 0 Å². The lowest BCUT2D eigenvalue weighted by Gasteiger charge is -2.24. The van der Waals surface area contributed by atoms with Crippen LogP contribution in [-0.4, -0.2) is 12.6 Å². The van der Waals surface area contributed by atoms with Crippen molar-refractivity contribution in [3.05, 3.63) is 53.1 Å². The van der Waals surface area contributed by atoms with Crippen molar-refractivity contribution in [2.75, 3.05) is 11.4 Å². The van der Waals surface area contributed by atoms with Crippen molar-refractivity contribution in [1.29, 1.82) is 0 Å². The highest BCUT2D eigenvalue weighted by atomic mass is 15.2. The zero-order chi connectivity index (χ0) is 15.9. The van der Waals surface area contributed by atoms with Gasteiger partial charge < -0.3 is 4.90 Å². The van der Waals surface area contributed by atoms with E-state index in [1.165, 1.54) is 33.5 Å². The third-order valence-corrected chi connectivity index (χ3v) is 4.97. The molecule has 116 valence electrons. The van der Waals surface area contributed by atoms with E-state index >= 15 is 0 Å². The fraction of sp³-hybridized carbons (Fsp3) is 0.429. The van der Waals surface area contributed by atoms with Crippen LogP contribution in [0.15, 0.2) is 36.4 Å². The second-order valence-corrected chi connectivity index (χ2v) is 7.01. The average Bonchev–Trinajstić information content (AvgIpc) is 2.91. The van der Waals surface area contributed by atoms with Crippen LogP contribution in [0, 0.1) is 6.92 Å². The van der Waals surface area contributed by atoms with Gasteiger partial charge in [0.2, 0.25) is 0 Å². The van der Waals surface area contributed by atoms with Crippen molar-refractivity contribution >= 4 is 5.69 Å². The molecule has 1 heteroatoms. The van der Waals surface area contributed by atoms with Gasteiger partial charge in [-0.25, -0.2) is 0 Å². The Bertz CT molecular complexity index is 682. The first kappa shape index (κ1) is 15.1. The van der Waals surface area contributed by atoms with Gasteiger partial charge in [-0.15, -0.1) is 0 Å². The Morgan fingerprint density at radius 1 is 0.909 bits per heavy atom. The van der Waals surface area contributed by atoms with Crippen LogP contribution in [0.1, 0.15) is 50.3 Å². The van der Waals surface area contributed by atoms with E-state index in [0.717, 1.165) is 13.0 Å². The molecule has 0 saturated heterocycles. The maximum Gasteiger partial charge on any atom is 0.0408 e. The van der Waals surface area contributed by atoms with E-state index in [9.17, 15) is 0 Å². The van der Waals surface area contributed by atoms with Crippen molar-refractivity contribution in [3.8, 4) is 11.1 Å². The first-order valence-electron chi connectivity index (χ1n) is 8.49. The van der Waals surface area contributed by atoms with Crippen molar-refractivity contribution in [3.63, 3.8) is 0 Å². The predicted molar refractivity (Wildman–Crippen MR) is 96.9 cm³/mol. The lowest BCUT2D eigenvalue weighted by molar-refractivity contribution is 0.710. The Kier molecular flexibility index (Phi) is 3.99. The van der Waals surface area contributed by atoms with Gasteiger partial charge in [0.25, 0.3) is 0 Å². The van der Waals surface area contributed by atoms with E-state index in [0.29, 0.717) is 12.0 Å². The summed E-state index contributed by atoms with van der Waals surface area (Å²) in [4.78, 5) is 2.53. The first-order chi connectivity index (χ1) is 10.5. The third kappa shape index (κ3) is 2.43. The fourth-order valence-electron chi connectivity index (χ4n) is 3.82. The second kappa shape index (κ2) is 5.79. The molecule has 0 radical (unpaired) electrons. The minimum atomic E-state index is 0.569. The van der Waals surface area contributed by atoms with Crippen molar-refractivity contribution in [1.82, 2.24) is 0 Å². The number of rotatable bonds is 3. The summed E-state index contributed by atoms with van der Waals surface area (Å²) < 4.78 is 0. The molecule has 0 fully saturated rings. The highest BCUT2D eigenvalue weighted by Crippen LogP contribution is 2.39. The SMILES string of the molecule is Cc1c(-c2cccc3c2CCN3C(C)C)cccc1C(C)C. The summed E-state index contributed by atoms with van der Waals surface area (Å²) in [5.74, 6) is 0.573. The van der Waals surface area contributed by atoms with Crippen LogP contribution in [0.25, 0.3) is 11.1 Å². The van der Waals surface area contributed by atoms with Crippen LogP contribution in [0.4, 0.5) is 5.69 Å². The summed E-state index contributed by atoms with van der Waals surface area (Å²) >= 11 is 0. The Balaban J connectivity index is 2.14. The Morgan fingerprint density at radius 3 is 2.27 bits per heavy atom. The molecule has 22 heavy (non-hydrogen) atoms. The Labute approximate surface area is 135 Å². The average molecular weight is 293 g/mol. The first-order valence-corrected chi connectivity index (χ1v) is 8.49. The molecule has 0 amide bonds. The van der Waals surface area contributed by atoms with Gasteiger partial charge >= 0.3 is 0 Å². The molecule has 2 aromatic carbocycles. The zero-order valence-corrected chi connectivity index (χ0v) is 14.5. The molecule has 0 unspecified atom stereocenters. The largest absolute Gasteiger partial charge is 0.369 e. The van der Waals surface area contributed by atoms with Crippen molar-refractivity contribution in [2.45, 2.75) is 53.0 Å².